The molecule has 1 atom stereocenters. The Balaban J connectivity index is 1.55. The minimum Gasteiger partial charge on any atom is -0.364 e. The van der Waals surface area contributed by atoms with Crippen LogP contribution < -0.4 is 0 Å². The molecule has 2 aromatic carbocycles. The highest BCUT2D eigenvalue weighted by Gasteiger charge is 2.32. The summed E-state index contributed by atoms with van der Waals surface area (Å²) in [6.45, 7) is 4.32. The molecule has 0 spiro atoms. The van der Waals surface area contributed by atoms with Crippen LogP contribution in [0.2, 0.25) is 0 Å². The van der Waals surface area contributed by atoms with Gasteiger partial charge in [0.25, 0.3) is 0 Å². The first-order chi connectivity index (χ1) is 14.4. The summed E-state index contributed by atoms with van der Waals surface area (Å²) in [6.07, 6.45) is 3.47. The number of halogens is 2. The van der Waals surface area contributed by atoms with Crippen LogP contribution in [0.1, 0.15) is 30.2 Å². The molecule has 0 saturated carbocycles. The predicted octanol–water partition coefficient (Wildman–Crippen LogP) is 4.54. The molecule has 160 valence electrons. The second kappa shape index (κ2) is 9.96. The van der Waals surface area contributed by atoms with Crippen LogP contribution in [0.3, 0.4) is 0 Å². The number of nitrogens with zero attached hydrogens (tertiary/aromatic N) is 3. The molecule has 0 bridgehead atoms. The second-order valence-electron chi connectivity index (χ2n) is 7.76. The fourth-order valence-corrected chi connectivity index (χ4v) is 3.61. The largest absolute Gasteiger partial charge is 0.364 e. The number of aryl methyl sites for hydroxylation is 1. The zero-order chi connectivity index (χ0) is 21.6. The maximum absolute atomic E-state index is 13.4. The van der Waals surface area contributed by atoms with Gasteiger partial charge in [-0.3, -0.25) is 4.68 Å². The minimum absolute atomic E-state index is 0.207. The van der Waals surface area contributed by atoms with Crippen LogP contribution in [0.4, 0.5) is 8.78 Å². The summed E-state index contributed by atoms with van der Waals surface area (Å²) in [4.78, 5) is 2.24. The summed E-state index contributed by atoms with van der Waals surface area (Å²) in [5.41, 5.74) is 2.21. The molecule has 6 heteroatoms. The first-order valence-electron chi connectivity index (χ1n) is 10.2. The van der Waals surface area contributed by atoms with E-state index in [9.17, 15) is 8.78 Å². The summed E-state index contributed by atoms with van der Waals surface area (Å²) >= 11 is 0. The number of hydrogen-bond donors (Lipinski definition) is 0. The van der Waals surface area contributed by atoms with Crippen molar-refractivity contribution in [1.29, 1.82) is 0 Å². The van der Waals surface area contributed by atoms with Crippen molar-refractivity contribution in [3.8, 4) is 0 Å². The zero-order valence-electron chi connectivity index (χ0n) is 17.8. The third kappa shape index (κ3) is 5.52. The van der Waals surface area contributed by atoms with Gasteiger partial charge in [0.2, 0.25) is 0 Å². The first kappa shape index (κ1) is 22.1. The number of hydrogen-bond acceptors (Lipinski definition) is 3. The summed E-state index contributed by atoms with van der Waals surface area (Å²) in [5, 5.41) is 4.27. The Labute approximate surface area is 177 Å². The Morgan fingerprint density at radius 3 is 2.20 bits per heavy atom. The quantitative estimate of drug-likeness (QED) is 0.457. The predicted molar refractivity (Wildman–Crippen MR) is 114 cm³/mol. The van der Waals surface area contributed by atoms with Gasteiger partial charge in [-0.05, 0) is 68.3 Å². The highest BCUT2D eigenvalue weighted by molar-refractivity contribution is 5.32. The van der Waals surface area contributed by atoms with Crippen LogP contribution in [0.5, 0.6) is 0 Å². The fraction of sp³-hybridized carbons (Fsp3) is 0.375. The Morgan fingerprint density at radius 1 is 0.967 bits per heavy atom. The van der Waals surface area contributed by atoms with E-state index in [4.69, 9.17) is 4.74 Å². The van der Waals surface area contributed by atoms with Crippen LogP contribution in [0, 0.1) is 11.6 Å². The van der Waals surface area contributed by atoms with Gasteiger partial charge in [-0.1, -0.05) is 24.3 Å². The van der Waals surface area contributed by atoms with Crippen molar-refractivity contribution in [2.75, 3.05) is 26.7 Å². The van der Waals surface area contributed by atoms with Crippen molar-refractivity contribution in [2.24, 2.45) is 7.05 Å². The average Bonchev–Trinajstić information content (AvgIpc) is 3.17. The molecule has 0 fully saturated rings. The lowest BCUT2D eigenvalue weighted by atomic mass is 9.92. The lowest BCUT2D eigenvalue weighted by Crippen LogP contribution is -2.32. The van der Waals surface area contributed by atoms with Crippen molar-refractivity contribution in [3.63, 3.8) is 0 Å². The first-order valence-corrected chi connectivity index (χ1v) is 10.2. The average molecular weight is 414 g/mol. The molecular formula is C24H29F2N3O. The van der Waals surface area contributed by atoms with E-state index < -0.39 is 5.60 Å². The Hall–Kier alpha value is -2.57. The van der Waals surface area contributed by atoms with E-state index in [0.717, 1.165) is 42.8 Å². The van der Waals surface area contributed by atoms with Gasteiger partial charge in [0.05, 0.1) is 5.69 Å². The van der Waals surface area contributed by atoms with Crippen molar-refractivity contribution in [1.82, 2.24) is 14.7 Å². The van der Waals surface area contributed by atoms with Crippen molar-refractivity contribution in [3.05, 3.63) is 89.2 Å². The van der Waals surface area contributed by atoms with Crippen LogP contribution in [0.25, 0.3) is 0 Å². The van der Waals surface area contributed by atoms with E-state index >= 15 is 0 Å². The summed E-state index contributed by atoms with van der Waals surface area (Å²) in [5.74, 6) is -0.476. The molecule has 1 unspecified atom stereocenters. The summed E-state index contributed by atoms with van der Waals surface area (Å²) in [6, 6.07) is 15.0. The molecule has 0 aliphatic rings. The second-order valence-corrected chi connectivity index (χ2v) is 7.76. The van der Waals surface area contributed by atoms with Gasteiger partial charge < -0.3 is 9.64 Å². The molecule has 30 heavy (non-hydrogen) atoms. The number of benzene rings is 2. The molecule has 0 saturated heterocycles. The van der Waals surface area contributed by atoms with E-state index in [1.54, 1.807) is 23.0 Å². The third-order valence-corrected chi connectivity index (χ3v) is 5.48. The molecule has 1 aromatic heterocycles. The van der Waals surface area contributed by atoms with Gasteiger partial charge in [-0.15, -0.1) is 0 Å². The van der Waals surface area contributed by atoms with E-state index in [1.807, 2.05) is 32.2 Å². The third-order valence-electron chi connectivity index (χ3n) is 5.48. The number of likely N-dealkylation sites (N-methyl/N-ethyl adjacent to an activating group) is 1. The molecule has 0 aliphatic heterocycles. The van der Waals surface area contributed by atoms with Crippen LogP contribution in [-0.2, 0) is 23.8 Å². The standard InChI is InChI=1S/C24H29F2N3O/c1-24(23-13-15-27-29(23)3,20-7-11-22(26)12-8-20)30-18-4-16-28(2)17-14-19-5-9-21(25)10-6-19/h5-13,15H,4,14,16-18H2,1-3H3. The van der Waals surface area contributed by atoms with Crippen molar-refractivity contribution < 1.29 is 13.5 Å². The minimum atomic E-state index is -0.717. The maximum Gasteiger partial charge on any atom is 0.132 e. The Kier molecular flexibility index (Phi) is 7.34. The summed E-state index contributed by atoms with van der Waals surface area (Å²) in [7, 11) is 3.95. The number of ether oxygens (including phenoxy) is 1. The van der Waals surface area contributed by atoms with Crippen molar-refractivity contribution in [2.45, 2.75) is 25.4 Å². The maximum atomic E-state index is 13.4. The zero-order valence-corrected chi connectivity index (χ0v) is 17.8. The lowest BCUT2D eigenvalue weighted by molar-refractivity contribution is -0.0132. The van der Waals surface area contributed by atoms with Gasteiger partial charge in [-0.25, -0.2) is 8.78 Å². The molecule has 0 radical (unpaired) electrons. The van der Waals surface area contributed by atoms with Crippen molar-refractivity contribution >= 4 is 0 Å². The Morgan fingerprint density at radius 2 is 1.60 bits per heavy atom. The topological polar surface area (TPSA) is 30.3 Å². The van der Waals surface area contributed by atoms with Crippen LogP contribution >= 0.6 is 0 Å². The molecule has 0 aliphatic carbocycles. The van der Waals surface area contributed by atoms with Crippen LogP contribution in [-0.4, -0.2) is 41.4 Å². The summed E-state index contributed by atoms with van der Waals surface area (Å²) < 4.78 is 34.6. The van der Waals surface area contributed by atoms with Gasteiger partial charge in [0.15, 0.2) is 0 Å². The van der Waals surface area contributed by atoms with Gasteiger partial charge >= 0.3 is 0 Å². The molecule has 3 aromatic rings. The molecular weight excluding hydrogens is 384 g/mol. The highest BCUT2D eigenvalue weighted by Crippen LogP contribution is 2.33. The number of rotatable bonds is 10. The van der Waals surface area contributed by atoms with Gasteiger partial charge in [-0.2, -0.15) is 5.10 Å². The van der Waals surface area contributed by atoms with E-state index in [-0.39, 0.29) is 11.6 Å². The van der Waals surface area contributed by atoms with E-state index in [0.29, 0.717) is 6.61 Å². The van der Waals surface area contributed by atoms with Crippen LogP contribution in [0.15, 0.2) is 60.8 Å². The SMILES string of the molecule is CN(CCCOC(C)(c1ccc(F)cc1)c1ccnn1C)CCc1ccc(F)cc1. The van der Waals surface area contributed by atoms with Gasteiger partial charge in [0, 0.05) is 32.9 Å². The van der Waals surface area contributed by atoms with E-state index in [2.05, 4.69) is 17.0 Å². The highest BCUT2D eigenvalue weighted by atomic mass is 19.1. The molecule has 3 rings (SSSR count). The molecule has 0 N–H and O–H groups in total. The monoisotopic (exact) mass is 413 g/mol. The van der Waals surface area contributed by atoms with E-state index in [1.165, 1.54) is 24.3 Å². The van der Waals surface area contributed by atoms with Gasteiger partial charge in [0.1, 0.15) is 17.2 Å². The molecule has 0 amide bonds. The molecule has 1 heterocycles. The normalized spacial score (nSPS) is 13.5. The lowest BCUT2D eigenvalue weighted by Gasteiger charge is -2.31. The Bertz CT molecular complexity index is 924. The molecule has 4 nitrogen and oxygen atoms in total. The number of aromatic nitrogens is 2. The smallest absolute Gasteiger partial charge is 0.132 e. The fourth-order valence-electron chi connectivity index (χ4n) is 3.61.